The summed E-state index contributed by atoms with van der Waals surface area (Å²) in [6, 6.07) is 5.06. The van der Waals surface area contributed by atoms with E-state index in [2.05, 4.69) is 29.1 Å². The molecule has 0 aromatic heterocycles. The van der Waals surface area contributed by atoms with Crippen LogP contribution < -0.4 is 4.90 Å². The molecule has 3 fully saturated rings. The molecule has 38 heavy (non-hydrogen) atoms. The second-order valence-corrected chi connectivity index (χ2v) is 13.1. The van der Waals surface area contributed by atoms with Crippen molar-refractivity contribution in [3.05, 3.63) is 54.6 Å². The summed E-state index contributed by atoms with van der Waals surface area (Å²) in [7, 11) is 0. The van der Waals surface area contributed by atoms with E-state index < -0.39 is 22.6 Å². The number of carbonyl (C=O) groups excluding carboxylic acids is 3. The molecule has 0 aliphatic carbocycles. The average Bonchev–Trinajstić information content (AvgIpc) is 3.46. The van der Waals surface area contributed by atoms with Crippen molar-refractivity contribution in [3.8, 4) is 0 Å². The Balaban J connectivity index is 1.70. The molecule has 1 spiro atoms. The second kappa shape index (κ2) is 12.0. The molecule has 3 unspecified atom stereocenters. The molecule has 0 radical (unpaired) electrons. The monoisotopic (exact) mass is 604 g/mol. The number of aliphatic hydroxyl groups is 1. The number of amides is 2. The van der Waals surface area contributed by atoms with E-state index >= 15 is 0 Å². The number of carbonyl (C=O) groups is 3. The normalized spacial score (nSPS) is 29.3. The number of likely N-dealkylation sites (tertiary alicyclic amines) is 1. The van der Waals surface area contributed by atoms with Crippen LogP contribution in [0.3, 0.4) is 0 Å². The van der Waals surface area contributed by atoms with Crippen molar-refractivity contribution in [3.63, 3.8) is 0 Å². The van der Waals surface area contributed by atoms with Gasteiger partial charge in [-0.2, -0.15) is 0 Å². The largest absolute Gasteiger partial charge is 0.465 e. The van der Waals surface area contributed by atoms with Gasteiger partial charge < -0.3 is 19.6 Å². The van der Waals surface area contributed by atoms with Gasteiger partial charge in [0.1, 0.15) is 6.04 Å². The van der Waals surface area contributed by atoms with Crippen molar-refractivity contribution < 1.29 is 24.2 Å². The number of benzene rings is 1. The van der Waals surface area contributed by atoms with Crippen LogP contribution in [0.4, 0.5) is 5.69 Å². The van der Waals surface area contributed by atoms with Crippen molar-refractivity contribution in [2.45, 2.75) is 60.4 Å². The predicted octanol–water partition coefficient (Wildman–Crippen LogP) is 4.18. The Kier molecular flexibility index (Phi) is 9.10. The van der Waals surface area contributed by atoms with Crippen LogP contribution in [-0.2, 0) is 19.1 Å². The number of thioether (sulfide) groups is 1. The molecule has 1 N–H and O–H groups in total. The molecule has 1 aromatic rings. The van der Waals surface area contributed by atoms with Crippen molar-refractivity contribution >= 4 is 51.2 Å². The standard InChI is InChI=1S/C29H37BrN2O5S/c1-5-7-8-9-16-37-28(36)21-22-26(34)32(14-15-33)25(29(22)17-20(30)24(21)38-29)27(35)31(13-6-2)23-18(3)11-10-12-19(23)4/h5-6,10-12,20-22,24-25,33H,1-2,7-9,13-17H2,3-4H3/t20?,21-,22+,24-,25?,29?/m1/s1. The second-order valence-electron chi connectivity index (χ2n) is 10.3. The molecule has 3 heterocycles. The highest BCUT2D eigenvalue weighted by molar-refractivity contribution is 9.09. The minimum atomic E-state index is -0.813. The van der Waals surface area contributed by atoms with Crippen LogP contribution in [0.5, 0.6) is 0 Å². The molecule has 206 valence electrons. The number of aryl methyl sites for hydroxylation is 2. The van der Waals surface area contributed by atoms with Crippen LogP contribution in [0.2, 0.25) is 0 Å². The number of alkyl halides is 1. The fourth-order valence-corrected chi connectivity index (χ4v) is 10.1. The summed E-state index contributed by atoms with van der Waals surface area (Å²) in [6.45, 7) is 11.9. The molecule has 3 aliphatic rings. The molecular weight excluding hydrogens is 568 g/mol. The predicted molar refractivity (Wildman–Crippen MR) is 154 cm³/mol. The summed E-state index contributed by atoms with van der Waals surface area (Å²) in [4.78, 5) is 45.0. The summed E-state index contributed by atoms with van der Waals surface area (Å²) in [5.74, 6) is -2.15. The van der Waals surface area contributed by atoms with Gasteiger partial charge in [0.05, 0.1) is 29.8 Å². The number of hydrogen-bond donors (Lipinski definition) is 1. The minimum absolute atomic E-state index is 0.0314. The van der Waals surface area contributed by atoms with Crippen LogP contribution in [0.15, 0.2) is 43.5 Å². The number of halogens is 1. The van der Waals surface area contributed by atoms with Crippen molar-refractivity contribution in [2.75, 3.05) is 31.2 Å². The summed E-state index contributed by atoms with van der Waals surface area (Å²) in [5.41, 5.74) is 2.70. The lowest BCUT2D eigenvalue weighted by Crippen LogP contribution is -2.56. The van der Waals surface area contributed by atoms with Crippen molar-refractivity contribution in [1.82, 2.24) is 4.90 Å². The van der Waals surface area contributed by atoms with E-state index in [0.717, 1.165) is 36.1 Å². The van der Waals surface area contributed by atoms with Crippen LogP contribution in [0.25, 0.3) is 0 Å². The number of allylic oxidation sites excluding steroid dienone is 1. The SMILES string of the molecule is C=CCCCCOC(=O)[C@H]1[C@@H]2SC3(CC2Br)C(C(=O)N(CC=C)c2c(C)cccc2C)N(CCO)C(=O)[C@H]13. The maximum Gasteiger partial charge on any atom is 0.310 e. The van der Waals surface area contributed by atoms with Crippen LogP contribution in [0.1, 0.15) is 36.8 Å². The number of ether oxygens (including phenoxy) is 1. The Morgan fingerprint density at radius 1 is 1.26 bits per heavy atom. The zero-order valence-corrected chi connectivity index (χ0v) is 24.5. The number of β-amino-alcohol motifs (C(OH)–C–C–N with tert-alkyl or cyclic N) is 1. The Morgan fingerprint density at radius 2 is 1.97 bits per heavy atom. The molecule has 4 rings (SSSR count). The first-order valence-electron chi connectivity index (χ1n) is 13.2. The van der Waals surface area contributed by atoms with Crippen LogP contribution in [0, 0.1) is 25.7 Å². The molecule has 7 nitrogen and oxygen atoms in total. The summed E-state index contributed by atoms with van der Waals surface area (Å²) in [6.07, 6.45) is 6.57. The zero-order chi connectivity index (χ0) is 27.6. The number of fused-ring (bicyclic) bond motifs is 1. The van der Waals surface area contributed by atoms with Gasteiger partial charge in [-0.3, -0.25) is 14.4 Å². The third-order valence-corrected chi connectivity index (χ3v) is 11.2. The molecule has 1 aromatic carbocycles. The zero-order valence-electron chi connectivity index (χ0n) is 22.1. The highest BCUT2D eigenvalue weighted by atomic mass is 79.9. The Hall–Kier alpha value is -2.10. The first kappa shape index (κ1) is 28.9. The highest BCUT2D eigenvalue weighted by Gasteiger charge is 2.76. The molecule has 9 heteroatoms. The van der Waals surface area contributed by atoms with Gasteiger partial charge in [0, 0.05) is 28.9 Å². The van der Waals surface area contributed by atoms with E-state index in [9.17, 15) is 19.5 Å². The number of esters is 1. The third kappa shape index (κ3) is 4.86. The first-order chi connectivity index (χ1) is 18.2. The lowest BCUT2D eigenvalue weighted by atomic mass is 9.71. The van der Waals surface area contributed by atoms with Gasteiger partial charge in [0.2, 0.25) is 5.91 Å². The van der Waals surface area contributed by atoms with E-state index in [1.807, 2.05) is 38.1 Å². The van der Waals surface area contributed by atoms with Gasteiger partial charge in [-0.1, -0.05) is 46.3 Å². The Bertz CT molecular complexity index is 1090. The number of nitrogens with zero attached hydrogens (tertiary/aromatic N) is 2. The summed E-state index contributed by atoms with van der Waals surface area (Å²) in [5, 5.41) is 9.72. The van der Waals surface area contributed by atoms with E-state index in [1.54, 1.807) is 22.7 Å². The van der Waals surface area contributed by atoms with Crippen LogP contribution in [-0.4, -0.2) is 75.0 Å². The van der Waals surface area contributed by atoms with Crippen molar-refractivity contribution in [2.24, 2.45) is 11.8 Å². The molecule has 0 saturated carbocycles. The van der Waals surface area contributed by atoms with Crippen molar-refractivity contribution in [1.29, 1.82) is 0 Å². The van der Waals surface area contributed by atoms with E-state index in [4.69, 9.17) is 4.74 Å². The molecule has 3 saturated heterocycles. The molecular formula is C29H37BrN2O5S. The number of hydrogen-bond acceptors (Lipinski definition) is 6. The van der Waals surface area contributed by atoms with Gasteiger partial charge in [-0.25, -0.2) is 0 Å². The van der Waals surface area contributed by atoms with E-state index in [0.29, 0.717) is 13.0 Å². The number of anilines is 1. The van der Waals surface area contributed by atoms with Gasteiger partial charge in [-0.05, 0) is 50.7 Å². The smallest absolute Gasteiger partial charge is 0.310 e. The van der Waals surface area contributed by atoms with Gasteiger partial charge >= 0.3 is 5.97 Å². The van der Waals surface area contributed by atoms with Gasteiger partial charge in [0.15, 0.2) is 0 Å². The maximum absolute atomic E-state index is 14.5. The fourth-order valence-electron chi connectivity index (χ4n) is 6.49. The summed E-state index contributed by atoms with van der Waals surface area (Å²) >= 11 is 5.34. The molecule has 3 aliphatic heterocycles. The lowest BCUT2D eigenvalue weighted by Gasteiger charge is -2.38. The van der Waals surface area contributed by atoms with E-state index in [-0.39, 0.29) is 47.6 Å². The number of aliphatic hydroxyl groups excluding tert-OH is 1. The molecule has 2 bridgehead atoms. The number of rotatable bonds is 12. The van der Waals surface area contributed by atoms with Gasteiger partial charge in [-0.15, -0.1) is 24.9 Å². The quantitative estimate of drug-likeness (QED) is 0.167. The fraction of sp³-hybridized carbons (Fsp3) is 0.552. The lowest BCUT2D eigenvalue weighted by molar-refractivity contribution is -0.154. The van der Waals surface area contributed by atoms with Gasteiger partial charge in [0.25, 0.3) is 5.91 Å². The topological polar surface area (TPSA) is 87.2 Å². The molecule has 6 atom stereocenters. The Labute approximate surface area is 237 Å². The maximum atomic E-state index is 14.5. The Morgan fingerprint density at radius 3 is 2.61 bits per heavy atom. The molecule has 2 amide bonds. The summed E-state index contributed by atoms with van der Waals surface area (Å²) < 4.78 is 4.88. The van der Waals surface area contributed by atoms with Crippen LogP contribution >= 0.6 is 27.7 Å². The highest BCUT2D eigenvalue weighted by Crippen LogP contribution is 2.68. The number of para-hydroxylation sites is 1. The first-order valence-corrected chi connectivity index (χ1v) is 15.0. The minimum Gasteiger partial charge on any atom is -0.465 e. The van der Waals surface area contributed by atoms with E-state index in [1.165, 1.54) is 4.90 Å². The number of unbranched alkanes of at least 4 members (excludes halogenated alkanes) is 2. The third-order valence-electron chi connectivity index (χ3n) is 7.97. The average molecular weight is 606 g/mol.